The van der Waals surface area contributed by atoms with Gasteiger partial charge in [-0.05, 0) is 25.1 Å². The third kappa shape index (κ3) is 2.87. The monoisotopic (exact) mass is 285 g/mol. The van der Waals surface area contributed by atoms with Crippen LogP contribution in [0.3, 0.4) is 0 Å². The molecule has 1 heterocycles. The van der Waals surface area contributed by atoms with E-state index in [4.69, 9.17) is 0 Å². The van der Waals surface area contributed by atoms with Crippen LogP contribution in [0.15, 0.2) is 24.3 Å². The molecule has 0 aliphatic carbocycles. The molecule has 0 bridgehead atoms. The Kier molecular flexibility index (Phi) is 3.61. The molecule has 0 spiro atoms. The van der Waals surface area contributed by atoms with Crippen molar-refractivity contribution in [2.24, 2.45) is 0 Å². The lowest BCUT2D eigenvalue weighted by molar-refractivity contribution is -0.137. The van der Waals surface area contributed by atoms with Gasteiger partial charge >= 0.3 is 6.18 Å². The van der Waals surface area contributed by atoms with Crippen molar-refractivity contribution >= 4 is 5.82 Å². The average Bonchev–Trinajstić information content (AvgIpc) is 2.36. The third-order valence-corrected chi connectivity index (χ3v) is 2.64. The Bertz CT molecular complexity index is 638. The van der Waals surface area contributed by atoms with Crippen LogP contribution in [0.1, 0.15) is 11.3 Å². The summed E-state index contributed by atoms with van der Waals surface area (Å²) in [6.45, 7) is 1.64. The van der Waals surface area contributed by atoms with Gasteiger partial charge < -0.3 is 5.32 Å². The van der Waals surface area contributed by atoms with Gasteiger partial charge in [0.1, 0.15) is 11.6 Å². The van der Waals surface area contributed by atoms with Crippen molar-refractivity contribution in [1.82, 2.24) is 9.97 Å². The molecule has 0 amide bonds. The second kappa shape index (κ2) is 5.07. The standard InChI is InChI=1S/C13H11F4N3/c1-7-5-11(18-2)20-12(19-7)9-4-3-8(14)6-10(9)13(15,16)17/h3-6H,1-2H3,(H,18,19,20). The van der Waals surface area contributed by atoms with E-state index in [0.717, 1.165) is 12.1 Å². The summed E-state index contributed by atoms with van der Waals surface area (Å²) in [5.74, 6) is -0.658. The maximum Gasteiger partial charge on any atom is 0.417 e. The van der Waals surface area contributed by atoms with Crippen LogP contribution in [0.4, 0.5) is 23.4 Å². The van der Waals surface area contributed by atoms with E-state index in [-0.39, 0.29) is 11.4 Å². The Morgan fingerprint density at radius 1 is 1.10 bits per heavy atom. The fraction of sp³-hybridized carbons (Fsp3) is 0.231. The minimum Gasteiger partial charge on any atom is -0.373 e. The van der Waals surface area contributed by atoms with Crippen LogP contribution in [-0.4, -0.2) is 17.0 Å². The highest BCUT2D eigenvalue weighted by molar-refractivity contribution is 5.63. The molecule has 106 valence electrons. The van der Waals surface area contributed by atoms with Gasteiger partial charge in [-0.2, -0.15) is 13.2 Å². The fourth-order valence-electron chi connectivity index (χ4n) is 1.76. The van der Waals surface area contributed by atoms with E-state index >= 15 is 0 Å². The summed E-state index contributed by atoms with van der Waals surface area (Å²) >= 11 is 0. The van der Waals surface area contributed by atoms with Gasteiger partial charge in [0.05, 0.1) is 5.56 Å². The summed E-state index contributed by atoms with van der Waals surface area (Å²) in [5, 5.41) is 2.74. The maximum atomic E-state index is 13.1. The van der Waals surface area contributed by atoms with Crippen LogP contribution < -0.4 is 5.32 Å². The molecule has 0 unspecified atom stereocenters. The molecule has 0 aliphatic heterocycles. The second-order valence-electron chi connectivity index (χ2n) is 4.16. The van der Waals surface area contributed by atoms with E-state index < -0.39 is 17.6 Å². The lowest BCUT2D eigenvalue weighted by atomic mass is 10.1. The third-order valence-electron chi connectivity index (χ3n) is 2.64. The van der Waals surface area contributed by atoms with Crippen LogP contribution in [0.25, 0.3) is 11.4 Å². The zero-order chi connectivity index (χ0) is 14.9. The number of rotatable bonds is 2. The first kappa shape index (κ1) is 14.2. The first-order valence-electron chi connectivity index (χ1n) is 5.72. The van der Waals surface area contributed by atoms with Crippen molar-refractivity contribution < 1.29 is 17.6 Å². The number of anilines is 1. The quantitative estimate of drug-likeness (QED) is 0.856. The van der Waals surface area contributed by atoms with Crippen LogP contribution >= 0.6 is 0 Å². The molecule has 3 nitrogen and oxygen atoms in total. The van der Waals surface area contributed by atoms with E-state index in [9.17, 15) is 17.6 Å². The molecule has 1 aromatic carbocycles. The molecular weight excluding hydrogens is 274 g/mol. The molecule has 7 heteroatoms. The number of nitrogens with one attached hydrogen (secondary N) is 1. The lowest BCUT2D eigenvalue weighted by Gasteiger charge is -2.13. The van der Waals surface area contributed by atoms with Gasteiger partial charge in [-0.1, -0.05) is 0 Å². The summed E-state index contributed by atoms with van der Waals surface area (Å²) < 4.78 is 51.9. The Balaban J connectivity index is 2.66. The molecule has 1 aromatic heterocycles. The van der Waals surface area contributed by atoms with Crippen LogP contribution in [-0.2, 0) is 6.18 Å². The lowest BCUT2D eigenvalue weighted by Crippen LogP contribution is -2.09. The SMILES string of the molecule is CNc1cc(C)nc(-c2ccc(F)cc2C(F)(F)F)n1. The highest BCUT2D eigenvalue weighted by Gasteiger charge is 2.35. The average molecular weight is 285 g/mol. The Hall–Kier alpha value is -2.18. The summed E-state index contributed by atoms with van der Waals surface area (Å²) in [6.07, 6.45) is -4.68. The van der Waals surface area contributed by atoms with Gasteiger partial charge in [0.2, 0.25) is 0 Å². The van der Waals surface area contributed by atoms with Gasteiger partial charge in [-0.3, -0.25) is 0 Å². The first-order valence-corrected chi connectivity index (χ1v) is 5.72. The van der Waals surface area contributed by atoms with Crippen molar-refractivity contribution in [2.45, 2.75) is 13.1 Å². The molecule has 0 aliphatic rings. The number of benzene rings is 1. The molecule has 0 fully saturated rings. The predicted octanol–water partition coefficient (Wildman–Crippen LogP) is 3.65. The molecule has 2 rings (SSSR count). The number of hydrogen-bond acceptors (Lipinski definition) is 3. The zero-order valence-corrected chi connectivity index (χ0v) is 10.7. The highest BCUT2D eigenvalue weighted by Crippen LogP contribution is 2.36. The Morgan fingerprint density at radius 3 is 2.40 bits per heavy atom. The number of aryl methyl sites for hydroxylation is 1. The smallest absolute Gasteiger partial charge is 0.373 e. The van der Waals surface area contributed by atoms with Gasteiger partial charge in [-0.25, -0.2) is 14.4 Å². The summed E-state index contributed by atoms with van der Waals surface area (Å²) in [6, 6.07) is 4.03. The molecular formula is C13H11F4N3. The summed E-state index contributed by atoms with van der Waals surface area (Å²) in [7, 11) is 1.60. The number of alkyl halides is 3. The van der Waals surface area contributed by atoms with E-state index in [2.05, 4.69) is 15.3 Å². The normalized spacial score (nSPS) is 11.5. The fourth-order valence-corrected chi connectivity index (χ4v) is 1.76. The van der Waals surface area contributed by atoms with Gasteiger partial charge in [0, 0.05) is 24.4 Å². The first-order chi connectivity index (χ1) is 9.31. The minimum atomic E-state index is -4.68. The van der Waals surface area contributed by atoms with Gasteiger partial charge in [0.25, 0.3) is 0 Å². The van der Waals surface area contributed by atoms with Crippen molar-refractivity contribution in [3.05, 3.63) is 41.3 Å². The van der Waals surface area contributed by atoms with Crippen LogP contribution in [0.2, 0.25) is 0 Å². The van der Waals surface area contributed by atoms with Crippen LogP contribution in [0.5, 0.6) is 0 Å². The zero-order valence-electron chi connectivity index (χ0n) is 10.7. The van der Waals surface area contributed by atoms with Crippen molar-refractivity contribution in [2.75, 3.05) is 12.4 Å². The number of nitrogens with zero attached hydrogens (tertiary/aromatic N) is 2. The summed E-state index contributed by atoms with van der Waals surface area (Å²) in [4.78, 5) is 7.96. The number of halogens is 4. The molecule has 0 atom stereocenters. The van der Waals surface area contributed by atoms with Crippen molar-refractivity contribution in [1.29, 1.82) is 0 Å². The number of hydrogen-bond donors (Lipinski definition) is 1. The van der Waals surface area contributed by atoms with E-state index in [1.807, 2.05) is 0 Å². The maximum absolute atomic E-state index is 13.1. The van der Waals surface area contributed by atoms with E-state index in [1.165, 1.54) is 0 Å². The molecule has 0 radical (unpaired) electrons. The Labute approximate surface area is 112 Å². The molecule has 0 saturated heterocycles. The second-order valence-corrected chi connectivity index (χ2v) is 4.16. The molecule has 20 heavy (non-hydrogen) atoms. The molecule has 0 saturated carbocycles. The van der Waals surface area contributed by atoms with Gasteiger partial charge in [-0.15, -0.1) is 0 Å². The predicted molar refractivity (Wildman–Crippen MR) is 66.7 cm³/mol. The molecule has 2 aromatic rings. The Morgan fingerprint density at radius 2 is 1.80 bits per heavy atom. The molecule has 1 N–H and O–H groups in total. The van der Waals surface area contributed by atoms with Crippen molar-refractivity contribution in [3.8, 4) is 11.4 Å². The largest absolute Gasteiger partial charge is 0.417 e. The van der Waals surface area contributed by atoms with E-state index in [1.54, 1.807) is 20.0 Å². The summed E-state index contributed by atoms with van der Waals surface area (Å²) in [5.41, 5.74) is -0.832. The van der Waals surface area contributed by atoms with Crippen molar-refractivity contribution in [3.63, 3.8) is 0 Å². The van der Waals surface area contributed by atoms with Crippen LogP contribution in [0, 0.1) is 12.7 Å². The minimum absolute atomic E-state index is 0.0957. The highest BCUT2D eigenvalue weighted by atomic mass is 19.4. The number of aromatic nitrogens is 2. The van der Waals surface area contributed by atoms with Gasteiger partial charge in [0.15, 0.2) is 5.82 Å². The topological polar surface area (TPSA) is 37.8 Å². The van der Waals surface area contributed by atoms with E-state index in [0.29, 0.717) is 17.6 Å².